The molecule has 0 spiro atoms. The molecule has 2 N–H and O–H groups in total. The minimum Gasteiger partial charge on any atom is -0.357 e. The van der Waals surface area contributed by atoms with E-state index in [2.05, 4.69) is 14.9 Å². The summed E-state index contributed by atoms with van der Waals surface area (Å²) in [5.41, 5.74) is 0.0565. The van der Waals surface area contributed by atoms with Gasteiger partial charge >= 0.3 is 5.69 Å². The Balaban J connectivity index is 1.67. The lowest BCUT2D eigenvalue weighted by Gasteiger charge is -2.22. The van der Waals surface area contributed by atoms with E-state index in [0.29, 0.717) is 18.9 Å². The van der Waals surface area contributed by atoms with Crippen molar-refractivity contribution in [1.82, 2.24) is 14.9 Å². The number of aromatic amines is 2. The van der Waals surface area contributed by atoms with Gasteiger partial charge in [0.1, 0.15) is 11.6 Å². The van der Waals surface area contributed by atoms with Crippen LogP contribution in [0.25, 0.3) is 0 Å². The van der Waals surface area contributed by atoms with Crippen LogP contribution in [0.1, 0.15) is 12.0 Å². The molecule has 2 aromatic rings. The molecule has 1 aromatic carbocycles. The predicted molar refractivity (Wildman–Crippen MR) is 86.2 cm³/mol. The third-order valence-electron chi connectivity index (χ3n) is 3.97. The number of rotatable bonds is 3. The molecule has 2 heterocycles. The zero-order valence-corrected chi connectivity index (χ0v) is 12.7. The summed E-state index contributed by atoms with van der Waals surface area (Å²) < 4.78 is 13.3. The predicted octanol–water partition coefficient (Wildman–Crippen LogP) is 0.915. The van der Waals surface area contributed by atoms with Crippen molar-refractivity contribution in [2.75, 3.05) is 31.1 Å². The molecule has 0 saturated carbocycles. The van der Waals surface area contributed by atoms with Crippen molar-refractivity contribution in [1.29, 1.82) is 0 Å². The fraction of sp³-hybridized carbons (Fsp3) is 0.375. The van der Waals surface area contributed by atoms with Crippen molar-refractivity contribution < 1.29 is 4.39 Å². The third-order valence-corrected chi connectivity index (χ3v) is 3.97. The van der Waals surface area contributed by atoms with E-state index in [1.54, 1.807) is 12.1 Å². The van der Waals surface area contributed by atoms with Gasteiger partial charge < -0.3 is 4.90 Å². The highest BCUT2D eigenvalue weighted by Crippen LogP contribution is 2.13. The molecule has 1 aromatic heterocycles. The monoisotopic (exact) mass is 318 g/mol. The summed E-state index contributed by atoms with van der Waals surface area (Å²) in [4.78, 5) is 31.9. The Hall–Kier alpha value is -2.41. The Morgan fingerprint density at radius 1 is 1.04 bits per heavy atom. The van der Waals surface area contributed by atoms with Crippen LogP contribution >= 0.6 is 0 Å². The minimum atomic E-state index is -0.492. The molecule has 7 heteroatoms. The lowest BCUT2D eigenvalue weighted by atomic mass is 10.2. The second-order valence-electron chi connectivity index (χ2n) is 5.72. The van der Waals surface area contributed by atoms with E-state index in [1.165, 1.54) is 12.1 Å². The molecule has 0 amide bonds. The minimum absolute atomic E-state index is 0.222. The van der Waals surface area contributed by atoms with Crippen LogP contribution in [0.5, 0.6) is 0 Å². The zero-order chi connectivity index (χ0) is 16.2. The summed E-state index contributed by atoms with van der Waals surface area (Å²) in [6, 6.07) is 8.03. The van der Waals surface area contributed by atoms with Crippen LogP contribution in [-0.4, -0.2) is 41.0 Å². The summed E-state index contributed by atoms with van der Waals surface area (Å²) in [5.74, 6) is 0.325. The molecule has 6 nitrogen and oxygen atoms in total. The summed E-state index contributed by atoms with van der Waals surface area (Å²) >= 11 is 0. The average molecular weight is 318 g/mol. The van der Waals surface area contributed by atoms with E-state index in [-0.39, 0.29) is 5.82 Å². The number of hydrogen-bond acceptors (Lipinski definition) is 4. The van der Waals surface area contributed by atoms with Crippen LogP contribution in [-0.2, 0) is 6.54 Å². The topological polar surface area (TPSA) is 72.2 Å². The van der Waals surface area contributed by atoms with Crippen molar-refractivity contribution in [2.45, 2.75) is 13.0 Å². The number of halogens is 1. The number of H-pyrrole nitrogens is 2. The Labute approximate surface area is 132 Å². The standard InChI is InChI=1S/C16H19FN4O2/c17-13-4-1-3-12(9-13)11-20-5-2-6-21(8-7-20)14-10-15(22)19-16(23)18-14/h1,3-4,9-10H,2,5-8,11H2,(H2,18,19,22,23). The number of hydrogen-bond donors (Lipinski definition) is 2. The molecule has 0 atom stereocenters. The zero-order valence-electron chi connectivity index (χ0n) is 12.7. The van der Waals surface area contributed by atoms with Crippen LogP contribution in [0.3, 0.4) is 0 Å². The van der Waals surface area contributed by atoms with Gasteiger partial charge in [-0.1, -0.05) is 12.1 Å². The van der Waals surface area contributed by atoms with Crippen LogP contribution in [0.4, 0.5) is 10.2 Å². The van der Waals surface area contributed by atoms with Crippen molar-refractivity contribution in [2.24, 2.45) is 0 Å². The van der Waals surface area contributed by atoms with Gasteiger partial charge in [0.05, 0.1) is 0 Å². The van der Waals surface area contributed by atoms with E-state index < -0.39 is 11.2 Å². The molecule has 0 radical (unpaired) electrons. The molecule has 0 unspecified atom stereocenters. The van der Waals surface area contributed by atoms with E-state index in [0.717, 1.165) is 31.6 Å². The van der Waals surface area contributed by atoms with Crippen LogP contribution in [0.2, 0.25) is 0 Å². The maximum Gasteiger partial charge on any atom is 0.327 e. The summed E-state index contributed by atoms with van der Waals surface area (Å²) in [6.07, 6.45) is 0.907. The van der Waals surface area contributed by atoms with E-state index in [4.69, 9.17) is 0 Å². The maximum absolute atomic E-state index is 13.3. The van der Waals surface area contributed by atoms with Crippen molar-refractivity contribution >= 4 is 5.82 Å². The highest BCUT2D eigenvalue weighted by atomic mass is 19.1. The number of nitrogens with one attached hydrogen (secondary N) is 2. The van der Waals surface area contributed by atoms with Crippen LogP contribution in [0.15, 0.2) is 39.9 Å². The molecule has 1 aliphatic rings. The number of nitrogens with zero attached hydrogens (tertiary/aromatic N) is 2. The molecule has 23 heavy (non-hydrogen) atoms. The van der Waals surface area contributed by atoms with E-state index >= 15 is 0 Å². The van der Waals surface area contributed by atoms with E-state index in [1.807, 2.05) is 11.0 Å². The molecule has 1 fully saturated rings. The van der Waals surface area contributed by atoms with Gasteiger partial charge in [0.2, 0.25) is 0 Å². The molecule has 1 saturated heterocycles. The molecule has 3 rings (SSSR count). The first-order valence-electron chi connectivity index (χ1n) is 7.65. The van der Waals surface area contributed by atoms with Gasteiger partial charge in [0.15, 0.2) is 0 Å². The van der Waals surface area contributed by atoms with Crippen LogP contribution in [0, 0.1) is 5.82 Å². The van der Waals surface area contributed by atoms with Gasteiger partial charge in [-0.05, 0) is 24.1 Å². The highest BCUT2D eigenvalue weighted by Gasteiger charge is 2.16. The second kappa shape index (κ2) is 6.78. The first kappa shape index (κ1) is 15.5. The van der Waals surface area contributed by atoms with Crippen LogP contribution < -0.4 is 16.1 Å². The Morgan fingerprint density at radius 2 is 1.91 bits per heavy atom. The average Bonchev–Trinajstić information content (AvgIpc) is 2.72. The van der Waals surface area contributed by atoms with Gasteiger partial charge in [-0.15, -0.1) is 0 Å². The maximum atomic E-state index is 13.3. The SMILES string of the molecule is O=c1cc(N2CCCN(Cc3cccc(F)c3)CC2)[nH]c(=O)[nH]1. The lowest BCUT2D eigenvalue weighted by Crippen LogP contribution is -2.33. The third kappa shape index (κ3) is 4.07. The van der Waals surface area contributed by atoms with Gasteiger partial charge in [0, 0.05) is 38.8 Å². The molecule has 0 bridgehead atoms. The highest BCUT2D eigenvalue weighted by molar-refractivity contribution is 5.36. The number of anilines is 1. The molecule has 1 aliphatic heterocycles. The second-order valence-corrected chi connectivity index (χ2v) is 5.72. The first-order chi connectivity index (χ1) is 11.1. The van der Waals surface area contributed by atoms with Crippen molar-refractivity contribution in [3.8, 4) is 0 Å². The Bertz CT molecular complexity index is 758. The van der Waals surface area contributed by atoms with Crippen molar-refractivity contribution in [3.05, 3.63) is 62.6 Å². The van der Waals surface area contributed by atoms with Gasteiger partial charge in [-0.3, -0.25) is 19.7 Å². The summed E-state index contributed by atoms with van der Waals surface area (Å²) in [7, 11) is 0. The quantitative estimate of drug-likeness (QED) is 0.882. The van der Waals surface area contributed by atoms with Gasteiger partial charge in [-0.2, -0.15) is 0 Å². The Morgan fingerprint density at radius 3 is 2.70 bits per heavy atom. The Kier molecular flexibility index (Phi) is 4.57. The normalized spacial score (nSPS) is 16.3. The lowest BCUT2D eigenvalue weighted by molar-refractivity contribution is 0.285. The summed E-state index contributed by atoms with van der Waals surface area (Å²) in [6.45, 7) is 3.83. The fourth-order valence-corrected chi connectivity index (χ4v) is 2.89. The van der Waals surface area contributed by atoms with Gasteiger partial charge in [-0.25, -0.2) is 9.18 Å². The largest absolute Gasteiger partial charge is 0.357 e. The molecular weight excluding hydrogens is 299 g/mol. The first-order valence-corrected chi connectivity index (χ1v) is 7.65. The van der Waals surface area contributed by atoms with Crippen molar-refractivity contribution in [3.63, 3.8) is 0 Å². The molecule has 122 valence electrons. The summed E-state index contributed by atoms with van der Waals surface area (Å²) in [5, 5.41) is 0. The van der Waals surface area contributed by atoms with Gasteiger partial charge in [0.25, 0.3) is 5.56 Å². The number of aromatic nitrogens is 2. The van der Waals surface area contributed by atoms with E-state index in [9.17, 15) is 14.0 Å². The smallest absolute Gasteiger partial charge is 0.327 e. The molecule has 0 aliphatic carbocycles. The molecular formula is C16H19FN4O2. The number of benzene rings is 1. The fourth-order valence-electron chi connectivity index (χ4n) is 2.89.